The predicted molar refractivity (Wildman–Crippen MR) is 103 cm³/mol. The number of carbonyl (C=O) groups excluding carboxylic acids is 1. The number of carbonyl (C=O) groups is 1. The molecule has 0 bridgehead atoms. The zero-order valence-electron chi connectivity index (χ0n) is 16.5. The van der Waals surface area contributed by atoms with E-state index in [1.165, 1.54) is 7.11 Å². The molecular formula is C21H25NO6. The zero-order valence-corrected chi connectivity index (χ0v) is 16.5. The van der Waals surface area contributed by atoms with Gasteiger partial charge in [0.05, 0.1) is 25.2 Å². The fourth-order valence-electron chi connectivity index (χ4n) is 4.11. The number of hydrogen-bond acceptors (Lipinski definition) is 7. The molecule has 4 rings (SSSR count). The van der Waals surface area contributed by atoms with Crippen LogP contribution < -0.4 is 10.4 Å². The number of fused-ring (bicyclic) bond motifs is 2. The summed E-state index contributed by atoms with van der Waals surface area (Å²) in [6, 6.07) is 2.01. The highest BCUT2D eigenvalue weighted by atomic mass is 16.5. The summed E-state index contributed by atoms with van der Waals surface area (Å²) in [5, 5.41) is 0.831. The van der Waals surface area contributed by atoms with Gasteiger partial charge in [-0.05, 0) is 38.3 Å². The number of methoxy groups -OCH3 is 1. The van der Waals surface area contributed by atoms with Crippen molar-refractivity contribution in [2.24, 2.45) is 0 Å². The normalized spacial score (nSPS) is 19.5. The molecule has 2 aliphatic heterocycles. The standard InChI is InChI=1S/C21H25NO6/c1-12-16-7-14-9-22(10-15-5-4-6-26-15)11-27-19(14)13(2)20(16)28-21(24)17(12)8-18(23)25-3/h7,15H,4-6,8-11H2,1-3H3/t15-/m1/s1. The molecule has 0 spiro atoms. The Morgan fingerprint density at radius 1 is 1.32 bits per heavy atom. The van der Waals surface area contributed by atoms with Crippen LogP contribution in [0.4, 0.5) is 0 Å². The molecule has 1 aromatic carbocycles. The summed E-state index contributed by atoms with van der Waals surface area (Å²) in [5.41, 5.74) is 2.96. The van der Waals surface area contributed by atoms with Gasteiger partial charge in [0.2, 0.25) is 0 Å². The van der Waals surface area contributed by atoms with Gasteiger partial charge in [-0.2, -0.15) is 0 Å². The number of benzene rings is 1. The number of ether oxygens (including phenoxy) is 3. The Kier molecular flexibility index (Phi) is 5.12. The number of esters is 1. The molecule has 2 aromatic rings. The third kappa shape index (κ3) is 3.40. The van der Waals surface area contributed by atoms with Gasteiger partial charge in [0.15, 0.2) is 0 Å². The molecule has 0 amide bonds. The SMILES string of the molecule is COC(=O)Cc1c(C)c2cc3c(c(C)c2oc1=O)OCN(C[C@H]1CCCO1)C3. The quantitative estimate of drug-likeness (QED) is 0.589. The molecule has 1 fully saturated rings. The Labute approximate surface area is 163 Å². The summed E-state index contributed by atoms with van der Waals surface area (Å²) in [7, 11) is 1.31. The van der Waals surface area contributed by atoms with Crippen molar-refractivity contribution in [3.05, 3.63) is 38.7 Å². The Hall–Kier alpha value is -2.38. The fourth-order valence-corrected chi connectivity index (χ4v) is 4.11. The molecule has 7 heteroatoms. The molecular weight excluding hydrogens is 362 g/mol. The van der Waals surface area contributed by atoms with E-state index < -0.39 is 11.6 Å². The van der Waals surface area contributed by atoms with Crippen molar-refractivity contribution in [2.45, 2.75) is 45.8 Å². The van der Waals surface area contributed by atoms with E-state index in [2.05, 4.69) is 4.90 Å². The largest absolute Gasteiger partial charge is 0.477 e. The first-order chi connectivity index (χ1) is 13.5. The summed E-state index contributed by atoms with van der Waals surface area (Å²) < 4.78 is 22.0. The maximum atomic E-state index is 12.4. The van der Waals surface area contributed by atoms with Crippen molar-refractivity contribution >= 4 is 16.9 Å². The van der Waals surface area contributed by atoms with Crippen molar-refractivity contribution in [1.29, 1.82) is 0 Å². The van der Waals surface area contributed by atoms with Crippen molar-refractivity contribution in [1.82, 2.24) is 4.90 Å². The van der Waals surface area contributed by atoms with E-state index in [1.807, 2.05) is 19.9 Å². The second-order valence-electron chi connectivity index (χ2n) is 7.53. The van der Waals surface area contributed by atoms with E-state index in [4.69, 9.17) is 18.6 Å². The van der Waals surface area contributed by atoms with Crippen LogP contribution in [0.15, 0.2) is 15.3 Å². The molecule has 0 aliphatic carbocycles. The van der Waals surface area contributed by atoms with Crippen molar-refractivity contribution < 1.29 is 23.4 Å². The van der Waals surface area contributed by atoms with Crippen LogP contribution in [0.1, 0.15) is 35.1 Å². The minimum absolute atomic E-state index is 0.0988. The van der Waals surface area contributed by atoms with Gasteiger partial charge in [0.1, 0.15) is 18.1 Å². The number of hydrogen-bond donors (Lipinski definition) is 0. The van der Waals surface area contributed by atoms with Crippen molar-refractivity contribution in [2.75, 3.05) is 27.0 Å². The molecule has 150 valence electrons. The third-order valence-corrected chi connectivity index (χ3v) is 5.65. The highest BCUT2D eigenvalue weighted by Gasteiger charge is 2.27. The zero-order chi connectivity index (χ0) is 19.8. The van der Waals surface area contributed by atoms with Crippen LogP contribution in [0.2, 0.25) is 0 Å². The van der Waals surface area contributed by atoms with Crippen LogP contribution in [0, 0.1) is 13.8 Å². The second kappa shape index (κ2) is 7.56. The van der Waals surface area contributed by atoms with E-state index in [0.29, 0.717) is 17.9 Å². The van der Waals surface area contributed by atoms with E-state index >= 15 is 0 Å². The Morgan fingerprint density at radius 3 is 2.86 bits per heavy atom. The maximum absolute atomic E-state index is 12.4. The fraction of sp³-hybridized carbons (Fsp3) is 0.524. The molecule has 0 radical (unpaired) electrons. The summed E-state index contributed by atoms with van der Waals surface area (Å²) in [4.78, 5) is 26.4. The number of rotatable bonds is 4. The molecule has 7 nitrogen and oxygen atoms in total. The minimum atomic E-state index is -0.505. The molecule has 1 saturated heterocycles. The average Bonchev–Trinajstić information content (AvgIpc) is 3.19. The van der Waals surface area contributed by atoms with Crippen LogP contribution in [0.5, 0.6) is 5.75 Å². The first kappa shape index (κ1) is 19.0. The molecule has 3 heterocycles. The molecule has 1 atom stereocenters. The van der Waals surface area contributed by atoms with Gasteiger partial charge in [-0.15, -0.1) is 0 Å². The first-order valence-corrected chi connectivity index (χ1v) is 9.60. The summed E-state index contributed by atoms with van der Waals surface area (Å²) >= 11 is 0. The summed E-state index contributed by atoms with van der Waals surface area (Å²) in [5.74, 6) is 0.315. The Balaban J connectivity index is 1.71. The van der Waals surface area contributed by atoms with Crippen LogP contribution in [0.25, 0.3) is 11.0 Å². The molecule has 0 unspecified atom stereocenters. The highest BCUT2D eigenvalue weighted by Crippen LogP contribution is 2.36. The molecule has 0 saturated carbocycles. The smallest absolute Gasteiger partial charge is 0.340 e. The van der Waals surface area contributed by atoms with E-state index in [0.717, 1.165) is 60.4 Å². The molecule has 28 heavy (non-hydrogen) atoms. The minimum Gasteiger partial charge on any atom is -0.477 e. The van der Waals surface area contributed by atoms with Crippen molar-refractivity contribution in [3.63, 3.8) is 0 Å². The van der Waals surface area contributed by atoms with Crippen molar-refractivity contribution in [3.8, 4) is 5.75 Å². The predicted octanol–water partition coefficient (Wildman–Crippen LogP) is 2.46. The topological polar surface area (TPSA) is 78.2 Å². The van der Waals surface area contributed by atoms with E-state index in [9.17, 15) is 9.59 Å². The van der Waals surface area contributed by atoms with Crippen LogP contribution in [-0.2, 0) is 27.2 Å². The van der Waals surface area contributed by atoms with Crippen LogP contribution in [-0.4, -0.2) is 44.0 Å². The molecule has 2 aliphatic rings. The van der Waals surface area contributed by atoms with E-state index in [1.54, 1.807) is 0 Å². The van der Waals surface area contributed by atoms with Gasteiger partial charge in [-0.25, -0.2) is 4.79 Å². The highest BCUT2D eigenvalue weighted by molar-refractivity contribution is 5.88. The van der Waals surface area contributed by atoms with Gasteiger partial charge in [-0.1, -0.05) is 0 Å². The first-order valence-electron chi connectivity index (χ1n) is 9.60. The van der Waals surface area contributed by atoms with Crippen LogP contribution >= 0.6 is 0 Å². The number of nitrogens with zero attached hydrogens (tertiary/aromatic N) is 1. The van der Waals surface area contributed by atoms with Gasteiger partial charge >= 0.3 is 11.6 Å². The van der Waals surface area contributed by atoms with Gasteiger partial charge in [0, 0.05) is 36.2 Å². The molecule has 0 N–H and O–H groups in total. The van der Waals surface area contributed by atoms with Gasteiger partial charge in [0.25, 0.3) is 0 Å². The van der Waals surface area contributed by atoms with E-state index in [-0.39, 0.29) is 12.5 Å². The summed E-state index contributed by atoms with van der Waals surface area (Å²) in [6.07, 6.45) is 2.36. The Morgan fingerprint density at radius 2 is 2.14 bits per heavy atom. The van der Waals surface area contributed by atoms with Gasteiger partial charge in [-0.3, -0.25) is 9.69 Å². The maximum Gasteiger partial charge on any atom is 0.340 e. The number of aryl methyl sites for hydroxylation is 2. The lowest BCUT2D eigenvalue weighted by molar-refractivity contribution is -0.139. The lowest BCUT2D eigenvalue weighted by Gasteiger charge is -2.31. The third-order valence-electron chi connectivity index (χ3n) is 5.65. The second-order valence-corrected chi connectivity index (χ2v) is 7.53. The van der Waals surface area contributed by atoms with Crippen LogP contribution in [0.3, 0.4) is 0 Å². The Bertz CT molecular complexity index is 973. The summed E-state index contributed by atoms with van der Waals surface area (Å²) in [6.45, 7) is 6.66. The lowest BCUT2D eigenvalue weighted by Crippen LogP contribution is -2.37. The lowest BCUT2D eigenvalue weighted by atomic mass is 9.97. The average molecular weight is 387 g/mol. The monoisotopic (exact) mass is 387 g/mol. The van der Waals surface area contributed by atoms with Gasteiger partial charge < -0.3 is 18.6 Å². The molecule has 1 aromatic heterocycles.